The minimum Gasteiger partial charge on any atom is -0.404 e. The predicted octanol–water partition coefficient (Wildman–Crippen LogP) is 3.79. The molecular formula is C14H22N2. The summed E-state index contributed by atoms with van der Waals surface area (Å²) < 4.78 is 0. The number of nitrogens with two attached hydrogens (primary N) is 1. The van der Waals surface area contributed by atoms with Crippen LogP contribution in [0.4, 0.5) is 0 Å². The smallest absolute Gasteiger partial charge is 0.0270 e. The molecule has 0 radical (unpaired) electrons. The van der Waals surface area contributed by atoms with E-state index in [1.54, 1.807) is 0 Å². The van der Waals surface area contributed by atoms with Crippen LogP contribution in [0.5, 0.6) is 0 Å². The molecule has 0 spiro atoms. The van der Waals surface area contributed by atoms with Gasteiger partial charge in [-0.05, 0) is 29.9 Å². The molecule has 0 heterocycles. The normalized spacial score (nSPS) is 11.8. The van der Waals surface area contributed by atoms with Gasteiger partial charge in [-0.25, -0.2) is 0 Å². The fourth-order valence-corrected chi connectivity index (χ4v) is 1.96. The molecule has 0 unspecified atom stereocenters. The van der Waals surface area contributed by atoms with Crippen molar-refractivity contribution in [1.82, 2.24) is 0 Å². The second-order valence-corrected chi connectivity index (χ2v) is 3.91. The van der Waals surface area contributed by atoms with E-state index in [2.05, 4.69) is 26.0 Å². The van der Waals surface area contributed by atoms with E-state index in [0.29, 0.717) is 5.92 Å². The first-order valence-corrected chi connectivity index (χ1v) is 5.79. The fourth-order valence-electron chi connectivity index (χ4n) is 1.96. The molecule has 0 aromatic heterocycles. The van der Waals surface area contributed by atoms with Gasteiger partial charge in [-0.15, -0.1) is 0 Å². The van der Waals surface area contributed by atoms with Gasteiger partial charge in [0, 0.05) is 19.4 Å². The molecule has 1 aromatic rings. The highest BCUT2D eigenvalue weighted by molar-refractivity contribution is 6.08. The molecule has 0 atom stereocenters. The minimum absolute atomic E-state index is 0. The second kappa shape index (κ2) is 6.11. The van der Waals surface area contributed by atoms with Gasteiger partial charge in [0.1, 0.15) is 0 Å². The maximum atomic E-state index is 7.29. The summed E-state index contributed by atoms with van der Waals surface area (Å²) in [5.74, 6) is 0.602. The first-order valence-electron chi connectivity index (χ1n) is 5.79. The fraction of sp³-hybridized carbons (Fsp3) is 0.357. The Morgan fingerprint density at radius 1 is 1.44 bits per heavy atom. The zero-order valence-electron chi connectivity index (χ0n) is 10.0. The lowest BCUT2D eigenvalue weighted by Crippen LogP contribution is -1.97. The SMILES string of the molecule is CCC(CC)c1cccc(/C(C=N)=C/N)c1.[HH]. The molecule has 1 rings (SSSR count). The van der Waals surface area contributed by atoms with Gasteiger partial charge < -0.3 is 11.1 Å². The van der Waals surface area contributed by atoms with Crippen molar-refractivity contribution < 1.29 is 1.43 Å². The third-order valence-corrected chi connectivity index (χ3v) is 3.01. The maximum Gasteiger partial charge on any atom is 0.0270 e. The van der Waals surface area contributed by atoms with Gasteiger partial charge in [0.05, 0.1) is 0 Å². The Labute approximate surface area is 99.2 Å². The Balaban J connectivity index is 0.00000256. The van der Waals surface area contributed by atoms with E-state index in [-0.39, 0.29) is 1.43 Å². The van der Waals surface area contributed by atoms with Gasteiger partial charge >= 0.3 is 0 Å². The van der Waals surface area contributed by atoms with Crippen LogP contribution in [0.2, 0.25) is 0 Å². The lowest BCUT2D eigenvalue weighted by Gasteiger charge is -2.14. The number of hydrogen-bond acceptors (Lipinski definition) is 2. The summed E-state index contributed by atoms with van der Waals surface area (Å²) in [6.45, 7) is 4.41. The Hall–Kier alpha value is -1.57. The molecule has 3 N–H and O–H groups in total. The van der Waals surface area contributed by atoms with Crippen LogP contribution in [0.25, 0.3) is 5.57 Å². The van der Waals surface area contributed by atoms with Crippen LogP contribution in [0.15, 0.2) is 30.5 Å². The van der Waals surface area contributed by atoms with Gasteiger partial charge in [-0.3, -0.25) is 0 Å². The van der Waals surface area contributed by atoms with Crippen molar-refractivity contribution in [2.75, 3.05) is 0 Å². The summed E-state index contributed by atoms with van der Waals surface area (Å²) in [4.78, 5) is 0. The van der Waals surface area contributed by atoms with Crippen molar-refractivity contribution in [3.63, 3.8) is 0 Å². The third kappa shape index (κ3) is 2.72. The molecule has 88 valence electrons. The third-order valence-electron chi connectivity index (χ3n) is 3.01. The Morgan fingerprint density at radius 3 is 2.62 bits per heavy atom. The Kier molecular flexibility index (Phi) is 4.77. The first-order chi connectivity index (χ1) is 7.76. The van der Waals surface area contributed by atoms with E-state index in [0.717, 1.165) is 24.0 Å². The molecule has 0 saturated carbocycles. The van der Waals surface area contributed by atoms with Crippen molar-refractivity contribution in [3.8, 4) is 0 Å². The highest BCUT2D eigenvalue weighted by Crippen LogP contribution is 2.25. The number of rotatable bonds is 5. The highest BCUT2D eigenvalue weighted by atomic mass is 14.5. The average Bonchev–Trinajstić information content (AvgIpc) is 2.33. The zero-order valence-corrected chi connectivity index (χ0v) is 10.0. The number of allylic oxidation sites excluding steroid dienone is 1. The molecule has 0 aliphatic rings. The van der Waals surface area contributed by atoms with E-state index < -0.39 is 0 Å². The lowest BCUT2D eigenvalue weighted by molar-refractivity contribution is 0.642. The van der Waals surface area contributed by atoms with E-state index in [1.807, 2.05) is 12.1 Å². The molecule has 2 nitrogen and oxygen atoms in total. The van der Waals surface area contributed by atoms with Crippen LogP contribution in [-0.2, 0) is 0 Å². The average molecular weight is 218 g/mol. The molecule has 0 aliphatic carbocycles. The molecule has 0 fully saturated rings. The summed E-state index contributed by atoms with van der Waals surface area (Å²) >= 11 is 0. The standard InChI is InChI=1S/C14H20N2.H2/c1-3-11(4-2)12-6-5-7-13(8-12)14(9-15)10-16;/h5-11,15H,3-4,16H2,1-2H3;1H/b14-10+,15-9?;. The van der Waals surface area contributed by atoms with Crippen LogP contribution in [0, 0.1) is 5.41 Å². The summed E-state index contributed by atoms with van der Waals surface area (Å²) in [5, 5.41) is 7.29. The van der Waals surface area contributed by atoms with Crippen LogP contribution in [-0.4, -0.2) is 6.21 Å². The summed E-state index contributed by atoms with van der Waals surface area (Å²) in [6, 6.07) is 8.33. The molecule has 0 bridgehead atoms. The minimum atomic E-state index is 0. The molecule has 2 heteroatoms. The quantitative estimate of drug-likeness (QED) is 0.726. The van der Waals surface area contributed by atoms with Crippen molar-refractivity contribution >= 4 is 11.8 Å². The predicted molar refractivity (Wildman–Crippen MR) is 72.8 cm³/mol. The summed E-state index contributed by atoms with van der Waals surface area (Å²) in [7, 11) is 0. The maximum absolute atomic E-state index is 7.29. The first kappa shape index (κ1) is 12.5. The van der Waals surface area contributed by atoms with Crippen LogP contribution < -0.4 is 5.73 Å². The van der Waals surface area contributed by atoms with E-state index in [4.69, 9.17) is 11.1 Å². The second-order valence-electron chi connectivity index (χ2n) is 3.91. The van der Waals surface area contributed by atoms with E-state index in [1.165, 1.54) is 18.0 Å². The van der Waals surface area contributed by atoms with Crippen molar-refractivity contribution in [2.24, 2.45) is 5.73 Å². The van der Waals surface area contributed by atoms with E-state index in [9.17, 15) is 0 Å². The molecule has 1 aromatic carbocycles. The van der Waals surface area contributed by atoms with Gasteiger partial charge in [0.15, 0.2) is 0 Å². The molecule has 0 aliphatic heterocycles. The summed E-state index contributed by atoms with van der Waals surface area (Å²) in [5.41, 5.74) is 8.63. The van der Waals surface area contributed by atoms with Gasteiger partial charge in [-0.2, -0.15) is 0 Å². The van der Waals surface area contributed by atoms with Crippen molar-refractivity contribution in [2.45, 2.75) is 32.6 Å². The van der Waals surface area contributed by atoms with Gasteiger partial charge in [0.25, 0.3) is 0 Å². The zero-order chi connectivity index (χ0) is 12.0. The topological polar surface area (TPSA) is 49.9 Å². The Bertz CT molecular complexity index is 382. The number of hydrogen-bond donors (Lipinski definition) is 2. The lowest BCUT2D eigenvalue weighted by atomic mass is 9.91. The van der Waals surface area contributed by atoms with Gasteiger partial charge in [0.2, 0.25) is 0 Å². The summed E-state index contributed by atoms with van der Waals surface area (Å²) in [6.07, 6.45) is 5.07. The van der Waals surface area contributed by atoms with E-state index >= 15 is 0 Å². The van der Waals surface area contributed by atoms with Crippen molar-refractivity contribution in [1.29, 1.82) is 5.41 Å². The largest absolute Gasteiger partial charge is 0.404 e. The van der Waals surface area contributed by atoms with Crippen LogP contribution >= 0.6 is 0 Å². The molecular weight excluding hydrogens is 196 g/mol. The van der Waals surface area contributed by atoms with Crippen LogP contribution in [0.1, 0.15) is 45.2 Å². The molecule has 16 heavy (non-hydrogen) atoms. The number of nitrogens with one attached hydrogen (secondary N) is 1. The highest BCUT2D eigenvalue weighted by Gasteiger charge is 2.07. The number of benzene rings is 1. The van der Waals surface area contributed by atoms with Crippen LogP contribution in [0.3, 0.4) is 0 Å². The molecule has 0 amide bonds. The Morgan fingerprint density at radius 2 is 2.12 bits per heavy atom. The molecule has 0 saturated heterocycles. The van der Waals surface area contributed by atoms with Crippen molar-refractivity contribution in [3.05, 3.63) is 41.6 Å². The monoisotopic (exact) mass is 218 g/mol. The van der Waals surface area contributed by atoms with Gasteiger partial charge in [-0.1, -0.05) is 38.1 Å².